The number of benzene rings is 3. The van der Waals surface area contributed by atoms with Crippen molar-refractivity contribution >= 4 is 27.0 Å². The molecule has 5 rings (SSSR count). The van der Waals surface area contributed by atoms with Crippen molar-refractivity contribution in [2.24, 2.45) is 11.3 Å². The average molecular weight is 589 g/mol. The van der Waals surface area contributed by atoms with E-state index in [2.05, 4.69) is 17.2 Å². The molecule has 1 aromatic heterocycles. The van der Waals surface area contributed by atoms with Crippen molar-refractivity contribution in [3.05, 3.63) is 88.0 Å². The summed E-state index contributed by atoms with van der Waals surface area (Å²) in [4.78, 5) is 13.1. The van der Waals surface area contributed by atoms with Crippen LogP contribution in [0.2, 0.25) is 0 Å². The lowest BCUT2D eigenvalue weighted by molar-refractivity contribution is -0.147. The minimum Gasteiger partial charge on any atom is -0.481 e. The zero-order chi connectivity index (χ0) is 30.4. The first-order chi connectivity index (χ1) is 19.9. The molecule has 0 amide bonds. The molecule has 0 unspecified atom stereocenters. The van der Waals surface area contributed by atoms with E-state index in [4.69, 9.17) is 0 Å². The van der Waals surface area contributed by atoms with Crippen LogP contribution in [-0.4, -0.2) is 45.3 Å². The van der Waals surface area contributed by atoms with E-state index in [-0.39, 0.29) is 12.5 Å². The molecule has 42 heavy (non-hydrogen) atoms. The Hall–Kier alpha value is -3.56. The SMILES string of the molecule is CC[C@H]1Cc2ccccc2S(=O)(=O)N(Cc2cc([C@@H](c3ccc4c(nnn4CC)c3C)C(C)(C)C(=O)O)ccc2C)C1. The average Bonchev–Trinajstić information content (AvgIpc) is 3.34. The molecule has 1 N–H and O–H groups in total. The van der Waals surface area contributed by atoms with Crippen LogP contribution in [0.1, 0.15) is 73.4 Å². The van der Waals surface area contributed by atoms with E-state index < -0.39 is 27.3 Å². The number of nitrogens with zero attached hydrogens (tertiary/aromatic N) is 4. The summed E-state index contributed by atoms with van der Waals surface area (Å²) in [5.74, 6) is -1.21. The number of fused-ring (bicyclic) bond motifs is 2. The number of hydrogen-bond acceptors (Lipinski definition) is 5. The van der Waals surface area contributed by atoms with E-state index in [0.717, 1.165) is 57.3 Å². The van der Waals surface area contributed by atoms with Gasteiger partial charge in [0.25, 0.3) is 0 Å². The zero-order valence-corrected chi connectivity index (χ0v) is 26.1. The lowest BCUT2D eigenvalue weighted by Gasteiger charge is -2.33. The topological polar surface area (TPSA) is 105 Å². The number of aromatic nitrogens is 3. The third-order valence-corrected chi connectivity index (χ3v) is 11.0. The summed E-state index contributed by atoms with van der Waals surface area (Å²) < 4.78 is 31.3. The van der Waals surface area contributed by atoms with Crippen LogP contribution in [0, 0.1) is 25.2 Å². The van der Waals surface area contributed by atoms with Gasteiger partial charge in [0.1, 0.15) is 5.52 Å². The minimum atomic E-state index is -3.71. The largest absolute Gasteiger partial charge is 0.481 e. The van der Waals surface area contributed by atoms with Gasteiger partial charge in [-0.05, 0) is 92.5 Å². The fraction of sp³-hybridized carbons (Fsp3) is 0.424. The van der Waals surface area contributed by atoms with E-state index in [0.29, 0.717) is 18.0 Å². The molecule has 0 spiro atoms. The van der Waals surface area contributed by atoms with Crippen molar-refractivity contribution in [3.8, 4) is 0 Å². The summed E-state index contributed by atoms with van der Waals surface area (Å²) in [6.07, 6.45) is 1.60. The Labute approximate surface area is 248 Å². The molecule has 0 saturated heterocycles. The highest BCUT2D eigenvalue weighted by atomic mass is 32.2. The number of carbonyl (C=O) groups is 1. The summed E-state index contributed by atoms with van der Waals surface area (Å²) >= 11 is 0. The highest BCUT2D eigenvalue weighted by molar-refractivity contribution is 7.89. The monoisotopic (exact) mass is 588 g/mol. The molecule has 8 nitrogen and oxygen atoms in total. The van der Waals surface area contributed by atoms with Crippen LogP contribution in [0.25, 0.3) is 11.0 Å². The van der Waals surface area contributed by atoms with E-state index in [1.165, 1.54) is 0 Å². The summed E-state index contributed by atoms with van der Waals surface area (Å²) in [5.41, 5.74) is 5.80. The Balaban J connectivity index is 1.62. The third kappa shape index (κ3) is 5.13. The van der Waals surface area contributed by atoms with Crippen LogP contribution in [0.4, 0.5) is 0 Å². The first-order valence-electron chi connectivity index (χ1n) is 14.6. The van der Waals surface area contributed by atoms with Gasteiger partial charge in [0, 0.05) is 25.6 Å². The van der Waals surface area contributed by atoms with E-state index in [1.807, 2.05) is 67.9 Å². The Morgan fingerprint density at radius 1 is 1.10 bits per heavy atom. The number of carboxylic acid groups (broad SMARTS) is 1. The molecule has 4 aromatic rings. The second-order valence-corrected chi connectivity index (χ2v) is 14.0. The molecule has 0 aliphatic carbocycles. The van der Waals surface area contributed by atoms with Gasteiger partial charge < -0.3 is 5.11 Å². The Bertz CT molecular complexity index is 1760. The van der Waals surface area contributed by atoms with Crippen LogP contribution in [0.3, 0.4) is 0 Å². The molecule has 0 bridgehead atoms. The molecule has 0 radical (unpaired) electrons. The molecule has 1 aliphatic rings. The van der Waals surface area contributed by atoms with E-state index in [9.17, 15) is 18.3 Å². The first kappa shape index (κ1) is 29.9. The molecule has 222 valence electrons. The number of hydrogen-bond donors (Lipinski definition) is 1. The lowest BCUT2D eigenvalue weighted by Crippen LogP contribution is -2.34. The fourth-order valence-electron chi connectivity index (χ4n) is 6.32. The lowest BCUT2D eigenvalue weighted by atomic mass is 9.69. The van der Waals surface area contributed by atoms with Gasteiger partial charge in [-0.2, -0.15) is 4.31 Å². The molecular formula is C33H40N4O4S. The molecule has 0 saturated carbocycles. The highest BCUT2D eigenvalue weighted by Gasteiger charge is 2.40. The van der Waals surface area contributed by atoms with Crippen molar-refractivity contribution in [1.29, 1.82) is 0 Å². The van der Waals surface area contributed by atoms with Crippen LogP contribution < -0.4 is 0 Å². The molecule has 2 heterocycles. The second-order valence-electron chi connectivity index (χ2n) is 12.1. The van der Waals surface area contributed by atoms with Crippen LogP contribution in [0.15, 0.2) is 59.5 Å². The van der Waals surface area contributed by atoms with Gasteiger partial charge in [-0.25, -0.2) is 13.1 Å². The number of aryl methyl sites for hydroxylation is 3. The summed E-state index contributed by atoms with van der Waals surface area (Å²) in [6.45, 7) is 12.9. The smallest absolute Gasteiger partial charge is 0.310 e. The fourth-order valence-corrected chi connectivity index (χ4v) is 8.04. The molecule has 3 aromatic carbocycles. The normalized spacial score (nSPS) is 18.0. The van der Waals surface area contributed by atoms with Gasteiger partial charge in [-0.15, -0.1) is 5.10 Å². The van der Waals surface area contributed by atoms with E-state index in [1.54, 1.807) is 30.3 Å². The number of rotatable bonds is 8. The zero-order valence-electron chi connectivity index (χ0n) is 25.3. The maximum atomic E-state index is 13.9. The maximum Gasteiger partial charge on any atom is 0.310 e. The first-order valence-corrected chi connectivity index (χ1v) is 16.1. The van der Waals surface area contributed by atoms with Gasteiger partial charge in [-0.3, -0.25) is 4.79 Å². The third-order valence-electron chi connectivity index (χ3n) is 9.06. The highest BCUT2D eigenvalue weighted by Crippen LogP contribution is 2.44. The molecule has 0 fully saturated rings. The standard InChI is InChI=1S/C33H40N4O4S/c1-7-23-17-24-11-9-10-12-29(24)42(40,41)36(19-23)20-26-18-25(14-13-21(26)3)30(33(5,6)32(38)39)27-15-16-28-31(22(27)4)34-35-37(28)8-2/h9-16,18,23,30H,7-8,17,19-20H2,1-6H3,(H,38,39)/t23-,30-/m0/s1. The molecule has 1 aliphatic heterocycles. The van der Waals surface area contributed by atoms with Gasteiger partial charge in [-0.1, -0.05) is 61.0 Å². The number of sulfonamides is 1. The van der Waals surface area contributed by atoms with E-state index >= 15 is 0 Å². The molecule has 9 heteroatoms. The van der Waals surface area contributed by atoms with Crippen molar-refractivity contribution in [1.82, 2.24) is 19.3 Å². The van der Waals surface area contributed by atoms with Crippen LogP contribution in [0.5, 0.6) is 0 Å². The number of carboxylic acids is 1. The van der Waals surface area contributed by atoms with Crippen molar-refractivity contribution in [2.75, 3.05) is 6.54 Å². The number of aliphatic carboxylic acids is 1. The summed E-state index contributed by atoms with van der Waals surface area (Å²) in [5, 5.41) is 19.1. The second kappa shape index (κ2) is 11.3. The molecular weight excluding hydrogens is 548 g/mol. The van der Waals surface area contributed by atoms with Crippen LogP contribution in [-0.2, 0) is 34.3 Å². The summed E-state index contributed by atoms with van der Waals surface area (Å²) in [6, 6.07) is 17.2. The Morgan fingerprint density at radius 2 is 1.83 bits per heavy atom. The Morgan fingerprint density at radius 3 is 2.52 bits per heavy atom. The predicted octanol–water partition coefficient (Wildman–Crippen LogP) is 6.08. The van der Waals surface area contributed by atoms with Gasteiger partial charge in [0.05, 0.1) is 15.8 Å². The predicted molar refractivity (Wildman–Crippen MR) is 164 cm³/mol. The molecule has 2 atom stereocenters. The quantitative estimate of drug-likeness (QED) is 0.267. The van der Waals surface area contributed by atoms with Gasteiger partial charge >= 0.3 is 5.97 Å². The van der Waals surface area contributed by atoms with Gasteiger partial charge in [0.15, 0.2) is 0 Å². The minimum absolute atomic E-state index is 0.205. The van der Waals surface area contributed by atoms with Crippen LogP contribution >= 0.6 is 0 Å². The van der Waals surface area contributed by atoms with Crippen molar-refractivity contribution < 1.29 is 18.3 Å². The van der Waals surface area contributed by atoms with Crippen molar-refractivity contribution in [2.45, 2.75) is 78.3 Å². The maximum absolute atomic E-state index is 13.9. The summed E-state index contributed by atoms with van der Waals surface area (Å²) in [7, 11) is -3.71. The van der Waals surface area contributed by atoms with Gasteiger partial charge in [0.2, 0.25) is 10.0 Å². The Kier molecular flexibility index (Phi) is 8.02. The van der Waals surface area contributed by atoms with Crippen molar-refractivity contribution in [3.63, 3.8) is 0 Å².